The van der Waals surface area contributed by atoms with Crippen LogP contribution in [-0.2, 0) is 18.5 Å². The monoisotopic (exact) mass is 1010 g/mol. The Hall–Kier alpha value is -8.63. The average molecular weight is 1010 g/mol. The second-order valence-electron chi connectivity index (χ2n) is 18.8. The minimum Gasteiger partial charge on any atom is -0.309 e. The van der Waals surface area contributed by atoms with Crippen molar-refractivity contribution in [2.75, 3.05) is 0 Å². The minimum atomic E-state index is -4.65. The lowest BCUT2D eigenvalue weighted by molar-refractivity contribution is -0.138. The summed E-state index contributed by atoms with van der Waals surface area (Å²) in [7, 11) is 0. The highest BCUT2D eigenvalue weighted by atomic mass is 19.4. The van der Waals surface area contributed by atoms with Crippen LogP contribution in [0.4, 0.5) is 39.5 Å². The number of fused-ring (bicyclic) bond motifs is 3. The van der Waals surface area contributed by atoms with Gasteiger partial charge in [-0.05, 0) is 183 Å². The fourth-order valence-corrected chi connectivity index (χ4v) is 9.95. The summed E-state index contributed by atoms with van der Waals surface area (Å²) < 4.78 is 129. The first kappa shape index (κ1) is 48.6. The standard InChI is InChI=1S/C65H42F9N/c1-39-11-15-41(16-12-39)47-31-49(43-19-25-53(26-20-43)63(66,67)68)35-51(33-47)45-23-29-61-57(37-45)58-38-46(24-30-62(58)75(61)60-10-6-4-8-56(60)55-7-3-5-9-59(55)65(72,73)74)52-34-48(42-17-13-40(2)14-18-42)32-50(36-52)44-21-27-54(28-22-44)64(69,70)71/h3-38H,1-2H3. The van der Waals surface area contributed by atoms with Gasteiger partial charge in [0.2, 0.25) is 0 Å². The first-order valence-corrected chi connectivity index (χ1v) is 24.0. The van der Waals surface area contributed by atoms with Crippen molar-refractivity contribution in [1.29, 1.82) is 0 Å². The summed E-state index contributed by atoms with van der Waals surface area (Å²) in [6.45, 7) is 3.97. The van der Waals surface area contributed by atoms with Crippen molar-refractivity contribution < 1.29 is 39.5 Å². The van der Waals surface area contributed by atoms with Crippen molar-refractivity contribution in [3.8, 4) is 83.6 Å². The van der Waals surface area contributed by atoms with E-state index in [1.807, 2.05) is 140 Å². The number of aromatic nitrogens is 1. The van der Waals surface area contributed by atoms with Crippen LogP contribution >= 0.6 is 0 Å². The molecule has 0 spiro atoms. The van der Waals surface area contributed by atoms with Crippen LogP contribution in [0.3, 0.4) is 0 Å². The zero-order valence-electron chi connectivity index (χ0n) is 40.1. The Bertz CT molecular complexity index is 3730. The number of hydrogen-bond acceptors (Lipinski definition) is 0. The minimum absolute atomic E-state index is 0.0104. The predicted octanol–water partition coefficient (Wildman–Crippen LogP) is 20.1. The number of hydrogen-bond donors (Lipinski definition) is 0. The lowest BCUT2D eigenvalue weighted by atomic mass is 9.91. The van der Waals surface area contributed by atoms with Crippen molar-refractivity contribution in [2.45, 2.75) is 32.4 Å². The Morgan fingerprint density at radius 1 is 0.280 bits per heavy atom. The van der Waals surface area contributed by atoms with Gasteiger partial charge in [0, 0.05) is 16.3 Å². The molecule has 370 valence electrons. The van der Waals surface area contributed by atoms with Crippen molar-refractivity contribution >= 4 is 21.8 Å². The summed E-state index contributed by atoms with van der Waals surface area (Å²) in [4.78, 5) is 0. The van der Waals surface area contributed by atoms with Crippen LogP contribution in [0.25, 0.3) is 105 Å². The van der Waals surface area contributed by atoms with E-state index in [1.165, 1.54) is 36.4 Å². The molecule has 0 aliphatic heterocycles. The van der Waals surface area contributed by atoms with Crippen molar-refractivity contribution in [2.24, 2.45) is 0 Å². The summed E-state index contributed by atoms with van der Waals surface area (Å²) in [5.41, 5.74) is 11.2. The van der Waals surface area contributed by atoms with Gasteiger partial charge in [0.1, 0.15) is 0 Å². The van der Waals surface area contributed by atoms with Crippen molar-refractivity contribution in [3.05, 3.63) is 246 Å². The van der Waals surface area contributed by atoms with E-state index in [0.717, 1.165) is 96.7 Å². The van der Waals surface area contributed by atoms with Gasteiger partial charge in [-0.1, -0.05) is 132 Å². The number of aryl methyl sites for hydroxylation is 2. The summed E-state index contributed by atoms with van der Waals surface area (Å²) in [5.74, 6) is 0. The largest absolute Gasteiger partial charge is 0.417 e. The Kier molecular flexibility index (Phi) is 12.1. The first-order valence-electron chi connectivity index (χ1n) is 24.0. The topological polar surface area (TPSA) is 4.93 Å². The van der Waals surface area contributed by atoms with E-state index >= 15 is 0 Å². The number of alkyl halides is 9. The summed E-state index contributed by atoms with van der Waals surface area (Å²) in [6, 6.07) is 62.2. The van der Waals surface area contributed by atoms with Crippen LogP contribution in [0.2, 0.25) is 0 Å². The molecular formula is C65H42F9N. The Labute approximate surface area is 426 Å². The third-order valence-corrected chi connectivity index (χ3v) is 13.8. The molecule has 0 fully saturated rings. The maximum Gasteiger partial charge on any atom is 0.417 e. The lowest BCUT2D eigenvalue weighted by Crippen LogP contribution is -2.08. The normalized spacial score (nSPS) is 12.2. The van der Waals surface area contributed by atoms with E-state index in [9.17, 15) is 39.5 Å². The second-order valence-corrected chi connectivity index (χ2v) is 18.8. The SMILES string of the molecule is Cc1ccc(-c2cc(-c3ccc(C(F)(F)F)cc3)cc(-c3ccc4c(c3)c3cc(-c5cc(-c6ccc(C)cc6)cc(-c6ccc(C(F)(F)F)cc6)c5)ccc3n4-c3ccccc3-c3ccccc3C(F)(F)F)c2)cc1. The van der Waals surface area contributed by atoms with E-state index in [1.54, 1.807) is 30.3 Å². The highest BCUT2D eigenvalue weighted by molar-refractivity contribution is 6.12. The van der Waals surface area contributed by atoms with Crippen molar-refractivity contribution in [3.63, 3.8) is 0 Å². The molecule has 0 radical (unpaired) electrons. The lowest BCUT2D eigenvalue weighted by Gasteiger charge is -2.18. The molecule has 0 amide bonds. The molecule has 0 aliphatic carbocycles. The molecule has 11 rings (SSSR count). The van der Waals surface area contributed by atoms with Gasteiger partial charge in [0.25, 0.3) is 0 Å². The molecule has 0 saturated carbocycles. The van der Waals surface area contributed by atoms with Gasteiger partial charge in [0.15, 0.2) is 0 Å². The molecule has 0 saturated heterocycles. The Morgan fingerprint density at radius 2 is 0.600 bits per heavy atom. The van der Waals surface area contributed by atoms with E-state index < -0.39 is 35.2 Å². The van der Waals surface area contributed by atoms with Gasteiger partial charge in [-0.15, -0.1) is 0 Å². The molecule has 1 aromatic heterocycles. The van der Waals surface area contributed by atoms with Gasteiger partial charge >= 0.3 is 18.5 Å². The smallest absolute Gasteiger partial charge is 0.309 e. The van der Waals surface area contributed by atoms with Crippen LogP contribution in [0.5, 0.6) is 0 Å². The van der Waals surface area contributed by atoms with Crippen LogP contribution in [0.1, 0.15) is 27.8 Å². The van der Waals surface area contributed by atoms with Crippen LogP contribution in [-0.4, -0.2) is 4.57 Å². The third kappa shape index (κ3) is 9.60. The predicted molar refractivity (Wildman–Crippen MR) is 283 cm³/mol. The molecule has 11 aromatic rings. The molecule has 10 aromatic carbocycles. The van der Waals surface area contributed by atoms with Gasteiger partial charge in [-0.2, -0.15) is 39.5 Å². The average Bonchev–Trinajstić information content (AvgIpc) is 3.78. The van der Waals surface area contributed by atoms with E-state index in [0.29, 0.717) is 44.5 Å². The summed E-state index contributed by atoms with van der Waals surface area (Å²) in [5, 5.41) is 1.52. The van der Waals surface area contributed by atoms with E-state index in [4.69, 9.17) is 0 Å². The van der Waals surface area contributed by atoms with E-state index in [2.05, 4.69) is 0 Å². The zero-order valence-corrected chi connectivity index (χ0v) is 40.1. The fraction of sp³-hybridized carbons (Fsp3) is 0.0769. The summed E-state index contributed by atoms with van der Waals surface area (Å²) in [6.07, 6.45) is -13.7. The maximum absolute atomic E-state index is 14.7. The van der Waals surface area contributed by atoms with Crippen LogP contribution in [0, 0.1) is 13.8 Å². The molecule has 0 atom stereocenters. The first-order chi connectivity index (χ1) is 35.9. The van der Waals surface area contributed by atoms with Gasteiger partial charge in [-0.25, -0.2) is 0 Å². The maximum atomic E-state index is 14.7. The third-order valence-electron chi connectivity index (χ3n) is 13.8. The quantitative estimate of drug-likeness (QED) is 0.134. The fourth-order valence-electron chi connectivity index (χ4n) is 9.95. The Balaban J connectivity index is 1.15. The van der Waals surface area contributed by atoms with Gasteiger partial charge in [0.05, 0.1) is 33.4 Å². The molecule has 0 bridgehead atoms. The molecule has 0 aliphatic rings. The van der Waals surface area contributed by atoms with E-state index in [-0.39, 0.29) is 5.56 Å². The van der Waals surface area contributed by atoms with Crippen LogP contribution < -0.4 is 0 Å². The highest BCUT2D eigenvalue weighted by Crippen LogP contribution is 2.45. The van der Waals surface area contributed by atoms with Crippen LogP contribution in [0.15, 0.2) is 218 Å². The highest BCUT2D eigenvalue weighted by Gasteiger charge is 2.34. The number of halogens is 9. The second kappa shape index (κ2) is 18.7. The molecule has 0 unspecified atom stereocenters. The molecule has 1 heterocycles. The summed E-state index contributed by atoms with van der Waals surface area (Å²) >= 11 is 0. The number of para-hydroxylation sites is 1. The molecule has 0 N–H and O–H groups in total. The zero-order chi connectivity index (χ0) is 52.4. The molecule has 1 nitrogen and oxygen atoms in total. The molecular weight excluding hydrogens is 966 g/mol. The molecule has 75 heavy (non-hydrogen) atoms. The van der Waals surface area contributed by atoms with Crippen molar-refractivity contribution in [1.82, 2.24) is 4.57 Å². The van der Waals surface area contributed by atoms with Gasteiger partial charge in [-0.3, -0.25) is 0 Å². The number of nitrogens with zero attached hydrogens (tertiary/aromatic N) is 1. The number of rotatable bonds is 8. The Morgan fingerprint density at radius 3 is 0.973 bits per heavy atom. The van der Waals surface area contributed by atoms with Gasteiger partial charge < -0.3 is 4.57 Å². The molecule has 10 heteroatoms. The number of benzene rings is 10.